The Bertz CT molecular complexity index is 616. The third-order valence-electron chi connectivity index (χ3n) is 4.20. The Balaban J connectivity index is 4.07. The molecule has 0 aromatic heterocycles. The lowest BCUT2D eigenvalue weighted by atomic mass is 9.96. The maximum absolute atomic E-state index is 11.6. The average Bonchev–Trinajstić information content (AvgIpc) is 2.58. The van der Waals surface area contributed by atoms with Crippen molar-refractivity contribution < 1.29 is 46.5 Å². The number of aliphatic hydroxyl groups is 1. The van der Waals surface area contributed by atoms with E-state index in [-0.39, 0.29) is 6.61 Å². The van der Waals surface area contributed by atoms with Gasteiger partial charge in [-0.1, -0.05) is 64.7 Å². The Morgan fingerprint density at radius 2 is 1.31 bits per heavy atom. The van der Waals surface area contributed by atoms with Crippen molar-refractivity contribution in [1.29, 1.82) is 0 Å². The van der Waals surface area contributed by atoms with E-state index in [1.165, 1.54) is 32.1 Å². The van der Waals surface area contributed by atoms with Crippen LogP contribution >= 0.6 is 0 Å². The number of carboxylic acid groups (broad SMARTS) is 2. The summed E-state index contributed by atoms with van der Waals surface area (Å²) in [7, 11) is -4.72. The summed E-state index contributed by atoms with van der Waals surface area (Å²) in [6.07, 6.45) is 7.77. The summed E-state index contributed by atoms with van der Waals surface area (Å²) in [5.41, 5.74) is -2.98. The van der Waals surface area contributed by atoms with E-state index >= 15 is 0 Å². The fourth-order valence-electron chi connectivity index (χ4n) is 2.62. The molecule has 1 atom stereocenters. The molecule has 0 aliphatic rings. The monoisotopic (exact) mass is 440 g/mol. The van der Waals surface area contributed by atoms with Gasteiger partial charge in [0, 0.05) is 0 Å². The van der Waals surface area contributed by atoms with Gasteiger partial charge in [-0.15, -0.1) is 0 Å². The van der Waals surface area contributed by atoms with E-state index in [0.717, 1.165) is 25.7 Å². The zero-order valence-corrected chi connectivity index (χ0v) is 17.6. The average molecular weight is 441 g/mol. The molecule has 10 nitrogen and oxygen atoms in total. The van der Waals surface area contributed by atoms with Crippen LogP contribution in [0.3, 0.4) is 0 Å². The van der Waals surface area contributed by atoms with Crippen molar-refractivity contribution in [2.45, 2.75) is 89.6 Å². The number of unbranched alkanes of at least 4 members (excludes halogenated alkanes) is 9. The minimum Gasteiger partial charge on any atom is -0.481 e. The molecule has 170 valence electrons. The number of rotatable bonds is 18. The molecule has 0 radical (unpaired) electrons. The zero-order chi connectivity index (χ0) is 22.3. The van der Waals surface area contributed by atoms with Gasteiger partial charge in [0.05, 0.1) is 19.4 Å². The molecule has 0 heterocycles. The number of carbonyl (C=O) groups excluding carboxylic acids is 1. The lowest BCUT2D eigenvalue weighted by Crippen LogP contribution is -2.43. The molecule has 1 unspecified atom stereocenters. The molecular formula is C18H32O10S. The number of carboxylic acids is 2. The van der Waals surface area contributed by atoms with Crippen molar-refractivity contribution in [3.63, 3.8) is 0 Å². The molecule has 0 bridgehead atoms. The quantitative estimate of drug-likeness (QED) is 0.269. The Hall–Kier alpha value is -1.72. The smallest absolute Gasteiger partial charge is 0.451 e. The van der Waals surface area contributed by atoms with Gasteiger partial charge in [0.1, 0.15) is 0 Å². The van der Waals surface area contributed by atoms with Crippen molar-refractivity contribution in [2.75, 3.05) is 6.61 Å². The zero-order valence-electron chi connectivity index (χ0n) is 16.8. The van der Waals surface area contributed by atoms with E-state index in [0.29, 0.717) is 6.42 Å². The summed E-state index contributed by atoms with van der Waals surface area (Å²) in [6, 6.07) is 0. The van der Waals surface area contributed by atoms with Crippen LogP contribution < -0.4 is 0 Å². The van der Waals surface area contributed by atoms with Crippen molar-refractivity contribution in [1.82, 2.24) is 0 Å². The van der Waals surface area contributed by atoms with Gasteiger partial charge in [-0.05, 0) is 6.42 Å². The first kappa shape index (κ1) is 27.3. The first-order valence-corrected chi connectivity index (χ1v) is 11.1. The van der Waals surface area contributed by atoms with Crippen LogP contribution in [0.4, 0.5) is 0 Å². The molecule has 0 spiro atoms. The van der Waals surface area contributed by atoms with Crippen molar-refractivity contribution >= 4 is 28.3 Å². The van der Waals surface area contributed by atoms with Crippen LogP contribution in [0.2, 0.25) is 0 Å². The molecule has 0 rings (SSSR count). The predicted octanol–water partition coefficient (Wildman–Crippen LogP) is 2.39. The number of hydrogen-bond donors (Lipinski definition) is 3. The summed E-state index contributed by atoms with van der Waals surface area (Å²) in [4.78, 5) is 33.1. The van der Waals surface area contributed by atoms with E-state index in [2.05, 4.69) is 15.3 Å². The van der Waals surface area contributed by atoms with E-state index < -0.39 is 46.7 Å². The molecule has 0 aromatic carbocycles. The minimum absolute atomic E-state index is 0.204. The lowest BCUT2D eigenvalue weighted by molar-refractivity contribution is -0.169. The Labute approximate surface area is 171 Å². The second kappa shape index (κ2) is 14.3. The molecule has 0 aromatic rings. The van der Waals surface area contributed by atoms with Crippen molar-refractivity contribution in [2.24, 2.45) is 0 Å². The number of hydrogen-bond acceptors (Lipinski definition) is 8. The molecule has 29 heavy (non-hydrogen) atoms. The van der Waals surface area contributed by atoms with Crippen LogP contribution in [0.15, 0.2) is 0 Å². The standard InChI is InChI=1S/C18H32O10S/c1-2-3-4-5-6-7-8-9-10-11-12-27-29(25,26)28-16(21)14-18(24,17(22)23)13-15(19)20/h24H,2-14H2,1H3,(H,19,20)(H,22,23). The second-order valence-corrected chi connectivity index (χ2v) is 8.17. The third-order valence-corrected chi connectivity index (χ3v) is 5.04. The fraction of sp³-hybridized carbons (Fsp3) is 0.833. The topological polar surface area (TPSA) is 165 Å². The minimum atomic E-state index is -4.72. The first-order chi connectivity index (χ1) is 13.5. The fourth-order valence-corrected chi connectivity index (χ4v) is 3.28. The Morgan fingerprint density at radius 1 is 0.828 bits per heavy atom. The lowest BCUT2D eigenvalue weighted by Gasteiger charge is -2.19. The largest absolute Gasteiger partial charge is 0.481 e. The second-order valence-electron chi connectivity index (χ2n) is 6.95. The van der Waals surface area contributed by atoms with Crippen LogP contribution in [0.25, 0.3) is 0 Å². The molecule has 0 fully saturated rings. The van der Waals surface area contributed by atoms with Crippen LogP contribution in [0.5, 0.6) is 0 Å². The first-order valence-electron chi connectivity index (χ1n) is 9.81. The SMILES string of the molecule is CCCCCCCCCCCCOS(=O)(=O)OC(=O)CC(O)(CC(=O)O)C(=O)O. The molecule has 0 aliphatic carbocycles. The highest BCUT2D eigenvalue weighted by molar-refractivity contribution is 7.82. The summed E-state index contributed by atoms with van der Waals surface area (Å²) in [6.45, 7) is 1.96. The molecular weight excluding hydrogens is 408 g/mol. The van der Waals surface area contributed by atoms with Gasteiger partial charge in [0.15, 0.2) is 5.60 Å². The highest BCUT2D eigenvalue weighted by Crippen LogP contribution is 2.18. The molecule has 0 amide bonds. The molecule has 0 saturated heterocycles. The van der Waals surface area contributed by atoms with Gasteiger partial charge < -0.3 is 19.5 Å². The van der Waals surface area contributed by atoms with Gasteiger partial charge in [-0.25, -0.2) is 8.98 Å². The maximum atomic E-state index is 11.6. The third kappa shape index (κ3) is 14.0. The molecule has 11 heteroatoms. The summed E-state index contributed by atoms with van der Waals surface area (Å²) >= 11 is 0. The predicted molar refractivity (Wildman–Crippen MR) is 102 cm³/mol. The van der Waals surface area contributed by atoms with Gasteiger partial charge >= 0.3 is 28.3 Å². The molecule has 0 aliphatic heterocycles. The van der Waals surface area contributed by atoms with Crippen LogP contribution in [0.1, 0.15) is 84.0 Å². The van der Waals surface area contributed by atoms with Gasteiger partial charge in [-0.2, -0.15) is 8.42 Å². The van der Waals surface area contributed by atoms with Gasteiger partial charge in [-0.3, -0.25) is 9.59 Å². The highest BCUT2D eigenvalue weighted by atomic mass is 32.3. The van der Waals surface area contributed by atoms with E-state index in [1.807, 2.05) is 0 Å². The summed E-state index contributed by atoms with van der Waals surface area (Å²) in [5, 5.41) is 27.1. The number of carbonyl (C=O) groups is 3. The molecule has 3 N–H and O–H groups in total. The Morgan fingerprint density at radius 3 is 1.76 bits per heavy atom. The van der Waals surface area contributed by atoms with Gasteiger partial charge in [0.2, 0.25) is 0 Å². The maximum Gasteiger partial charge on any atom is 0.451 e. The van der Waals surface area contributed by atoms with E-state index in [4.69, 9.17) is 10.2 Å². The van der Waals surface area contributed by atoms with E-state index in [1.54, 1.807) is 0 Å². The summed E-state index contributed by atoms with van der Waals surface area (Å²) < 4.78 is 31.7. The van der Waals surface area contributed by atoms with Crippen LogP contribution in [-0.4, -0.2) is 53.9 Å². The van der Waals surface area contributed by atoms with Crippen molar-refractivity contribution in [3.8, 4) is 0 Å². The number of aliphatic carboxylic acids is 2. The van der Waals surface area contributed by atoms with Crippen molar-refractivity contribution in [3.05, 3.63) is 0 Å². The normalized spacial score (nSPS) is 13.6. The van der Waals surface area contributed by atoms with Crippen LogP contribution in [0, 0.1) is 0 Å². The molecule has 0 saturated carbocycles. The van der Waals surface area contributed by atoms with E-state index in [9.17, 15) is 27.9 Å². The van der Waals surface area contributed by atoms with Gasteiger partial charge in [0.25, 0.3) is 0 Å². The summed E-state index contributed by atoms with van der Waals surface area (Å²) in [5.74, 6) is -5.29. The highest BCUT2D eigenvalue weighted by Gasteiger charge is 2.42. The van der Waals surface area contributed by atoms with Crippen LogP contribution in [-0.2, 0) is 33.1 Å². The Kier molecular flexibility index (Phi) is 13.4.